The van der Waals surface area contributed by atoms with Gasteiger partial charge in [-0.1, -0.05) is 6.07 Å². The quantitative estimate of drug-likeness (QED) is 0.461. The van der Waals surface area contributed by atoms with Crippen LogP contribution < -0.4 is 9.47 Å². The molecule has 182 valence electrons. The molecule has 0 aromatic heterocycles. The summed E-state index contributed by atoms with van der Waals surface area (Å²) in [6.07, 6.45) is -4.57. The minimum atomic E-state index is -4.57. The van der Waals surface area contributed by atoms with Crippen molar-refractivity contribution in [2.24, 2.45) is 0 Å². The molecule has 2 aromatic carbocycles. The molecular formula is C22H22F3N3O6. The lowest BCUT2D eigenvalue weighted by molar-refractivity contribution is -0.385. The number of amides is 2. The van der Waals surface area contributed by atoms with E-state index in [1.165, 1.54) is 29.0 Å². The van der Waals surface area contributed by atoms with Gasteiger partial charge in [0.15, 0.2) is 11.5 Å². The first-order valence-corrected chi connectivity index (χ1v) is 10.3. The van der Waals surface area contributed by atoms with Crippen molar-refractivity contribution in [3.63, 3.8) is 0 Å². The van der Waals surface area contributed by atoms with Gasteiger partial charge >= 0.3 is 6.18 Å². The molecular weight excluding hydrogens is 459 g/mol. The van der Waals surface area contributed by atoms with E-state index in [4.69, 9.17) is 9.47 Å². The summed E-state index contributed by atoms with van der Waals surface area (Å²) < 4.78 is 49.4. The van der Waals surface area contributed by atoms with Crippen molar-refractivity contribution in [3.8, 4) is 11.5 Å². The number of ether oxygens (including phenoxy) is 2. The van der Waals surface area contributed by atoms with Crippen molar-refractivity contribution in [2.75, 3.05) is 39.9 Å². The molecule has 1 fully saturated rings. The second-order valence-corrected chi connectivity index (χ2v) is 7.37. The number of hydrogen-bond acceptors (Lipinski definition) is 6. The van der Waals surface area contributed by atoms with Crippen molar-refractivity contribution < 1.29 is 37.2 Å². The van der Waals surface area contributed by atoms with Crippen molar-refractivity contribution in [3.05, 3.63) is 63.2 Å². The van der Waals surface area contributed by atoms with Crippen LogP contribution in [0, 0.1) is 10.1 Å². The number of halogens is 3. The molecule has 0 aliphatic carbocycles. The molecule has 2 aromatic rings. The van der Waals surface area contributed by atoms with E-state index in [1.807, 2.05) is 0 Å². The molecule has 9 nitrogen and oxygen atoms in total. The number of nitrogens with zero attached hydrogens (tertiary/aromatic N) is 3. The first kappa shape index (κ1) is 24.8. The van der Waals surface area contributed by atoms with Gasteiger partial charge in [0.05, 0.1) is 30.3 Å². The zero-order valence-electron chi connectivity index (χ0n) is 18.4. The van der Waals surface area contributed by atoms with Crippen LogP contribution in [0.4, 0.5) is 18.9 Å². The van der Waals surface area contributed by atoms with Gasteiger partial charge in [-0.15, -0.1) is 0 Å². The van der Waals surface area contributed by atoms with Gasteiger partial charge in [-0.2, -0.15) is 13.2 Å². The summed E-state index contributed by atoms with van der Waals surface area (Å²) in [5.41, 5.74) is -1.68. The largest absolute Gasteiger partial charge is 0.493 e. The number of nitro groups is 1. The molecule has 0 atom stereocenters. The third kappa shape index (κ3) is 5.21. The molecule has 0 radical (unpaired) electrons. The average Bonchev–Trinajstić information content (AvgIpc) is 2.82. The molecule has 0 N–H and O–H groups in total. The molecule has 0 bridgehead atoms. The monoisotopic (exact) mass is 481 g/mol. The average molecular weight is 481 g/mol. The summed E-state index contributed by atoms with van der Waals surface area (Å²) in [4.78, 5) is 39.3. The Morgan fingerprint density at radius 3 is 2.18 bits per heavy atom. The van der Waals surface area contributed by atoms with Crippen LogP contribution in [-0.2, 0) is 6.18 Å². The van der Waals surface area contributed by atoms with Crippen LogP contribution in [0.5, 0.6) is 11.5 Å². The molecule has 1 aliphatic rings. The molecule has 12 heteroatoms. The summed E-state index contributed by atoms with van der Waals surface area (Å²) in [5.74, 6) is -0.923. The third-order valence-corrected chi connectivity index (χ3v) is 5.30. The lowest BCUT2D eigenvalue weighted by Gasteiger charge is -2.35. The van der Waals surface area contributed by atoms with Crippen molar-refractivity contribution in [2.45, 2.75) is 13.1 Å². The second-order valence-electron chi connectivity index (χ2n) is 7.37. The highest BCUT2D eigenvalue weighted by Gasteiger charge is 2.33. The van der Waals surface area contributed by atoms with Crippen LogP contribution in [-0.4, -0.2) is 66.4 Å². The second kappa shape index (κ2) is 9.98. The molecule has 1 aliphatic heterocycles. The Morgan fingerprint density at radius 1 is 1.03 bits per heavy atom. The summed E-state index contributed by atoms with van der Waals surface area (Å²) in [5, 5.41) is 11.5. The molecule has 3 rings (SSSR count). The summed E-state index contributed by atoms with van der Waals surface area (Å²) in [6, 6.07) is 6.50. The lowest BCUT2D eigenvalue weighted by Crippen LogP contribution is -2.50. The maximum absolute atomic E-state index is 13.1. The highest BCUT2D eigenvalue weighted by atomic mass is 19.4. The van der Waals surface area contributed by atoms with Crippen LogP contribution in [0.2, 0.25) is 0 Å². The van der Waals surface area contributed by atoms with Crippen LogP contribution in [0.15, 0.2) is 36.4 Å². The number of methoxy groups -OCH3 is 1. The highest BCUT2D eigenvalue weighted by molar-refractivity contribution is 5.99. The van der Waals surface area contributed by atoms with E-state index in [2.05, 4.69) is 0 Å². The highest BCUT2D eigenvalue weighted by Crippen LogP contribution is 2.35. The molecule has 1 heterocycles. The van der Waals surface area contributed by atoms with Gasteiger partial charge in [0, 0.05) is 37.8 Å². The van der Waals surface area contributed by atoms with Gasteiger partial charge in [-0.3, -0.25) is 19.7 Å². The first-order valence-electron chi connectivity index (χ1n) is 10.3. The minimum absolute atomic E-state index is 0.0523. The Balaban J connectivity index is 1.77. The number of rotatable bonds is 6. The lowest BCUT2D eigenvalue weighted by atomic mass is 10.1. The standard InChI is InChI=1S/C22H22F3N3O6/c1-3-34-19-12-16(17(28(31)32)13-18(19)33-2)21(30)27-9-7-26(8-10-27)20(29)14-5-4-6-15(11-14)22(23,24)25/h4-6,11-13H,3,7-10H2,1-2H3. The van der Waals surface area contributed by atoms with Gasteiger partial charge in [0.2, 0.25) is 0 Å². The van der Waals surface area contributed by atoms with Crippen LogP contribution in [0.3, 0.4) is 0 Å². The van der Waals surface area contributed by atoms with E-state index in [0.29, 0.717) is 0 Å². The minimum Gasteiger partial charge on any atom is -0.493 e. The normalized spacial score (nSPS) is 14.0. The number of carbonyl (C=O) groups is 2. The maximum atomic E-state index is 13.1. The Kier molecular flexibility index (Phi) is 7.28. The Hall–Kier alpha value is -3.83. The fourth-order valence-corrected chi connectivity index (χ4v) is 3.59. The fourth-order valence-electron chi connectivity index (χ4n) is 3.59. The number of hydrogen-bond donors (Lipinski definition) is 0. The van der Waals surface area contributed by atoms with Crippen molar-refractivity contribution >= 4 is 17.5 Å². The first-order chi connectivity index (χ1) is 16.1. The van der Waals surface area contributed by atoms with E-state index in [1.54, 1.807) is 6.92 Å². The fraction of sp³-hybridized carbons (Fsp3) is 0.364. The SMILES string of the molecule is CCOc1cc(C(=O)N2CCN(C(=O)c3cccc(C(F)(F)F)c3)CC2)c([N+](=O)[O-])cc1OC. The number of carbonyl (C=O) groups excluding carboxylic acids is 2. The summed E-state index contributed by atoms with van der Waals surface area (Å²) in [6.45, 7) is 2.18. The Bertz CT molecular complexity index is 1100. The number of benzene rings is 2. The molecule has 0 spiro atoms. The molecule has 0 saturated carbocycles. The third-order valence-electron chi connectivity index (χ3n) is 5.30. The van der Waals surface area contributed by atoms with E-state index in [-0.39, 0.29) is 55.4 Å². The maximum Gasteiger partial charge on any atom is 0.416 e. The molecule has 0 unspecified atom stereocenters. The molecule has 1 saturated heterocycles. The summed E-state index contributed by atoms with van der Waals surface area (Å²) in [7, 11) is 1.32. The van der Waals surface area contributed by atoms with E-state index >= 15 is 0 Å². The van der Waals surface area contributed by atoms with E-state index < -0.39 is 34.2 Å². The predicted molar refractivity (Wildman–Crippen MR) is 114 cm³/mol. The van der Waals surface area contributed by atoms with Crippen molar-refractivity contribution in [1.29, 1.82) is 0 Å². The van der Waals surface area contributed by atoms with Gasteiger partial charge < -0.3 is 19.3 Å². The molecule has 34 heavy (non-hydrogen) atoms. The van der Waals surface area contributed by atoms with E-state index in [0.717, 1.165) is 24.3 Å². The van der Waals surface area contributed by atoms with Crippen LogP contribution >= 0.6 is 0 Å². The molecule has 2 amide bonds. The predicted octanol–water partition coefficient (Wildman–Crippen LogP) is 3.62. The van der Waals surface area contributed by atoms with Gasteiger partial charge in [0.25, 0.3) is 17.5 Å². The zero-order chi connectivity index (χ0) is 25.0. The zero-order valence-corrected chi connectivity index (χ0v) is 18.4. The Morgan fingerprint density at radius 2 is 1.65 bits per heavy atom. The van der Waals surface area contributed by atoms with Gasteiger partial charge in [-0.25, -0.2) is 0 Å². The Labute approximate surface area is 192 Å². The number of alkyl halides is 3. The number of piperazine rings is 1. The van der Waals surface area contributed by atoms with Crippen LogP contribution in [0.25, 0.3) is 0 Å². The van der Waals surface area contributed by atoms with Crippen LogP contribution in [0.1, 0.15) is 33.2 Å². The van der Waals surface area contributed by atoms with E-state index in [9.17, 15) is 32.9 Å². The van der Waals surface area contributed by atoms with Gasteiger partial charge in [-0.05, 0) is 25.1 Å². The van der Waals surface area contributed by atoms with Gasteiger partial charge in [0.1, 0.15) is 5.56 Å². The summed E-state index contributed by atoms with van der Waals surface area (Å²) >= 11 is 0. The topological polar surface area (TPSA) is 102 Å². The van der Waals surface area contributed by atoms with Crippen molar-refractivity contribution in [1.82, 2.24) is 9.80 Å². The smallest absolute Gasteiger partial charge is 0.416 e. The number of nitro benzene ring substituents is 1.